The van der Waals surface area contributed by atoms with Crippen LogP contribution in [0.4, 0.5) is 0 Å². The molecule has 1 saturated heterocycles. The molecule has 1 fully saturated rings. The molecule has 7 heteroatoms. The van der Waals surface area contributed by atoms with Gasteiger partial charge in [-0.05, 0) is 53.6 Å². The molecule has 1 aliphatic rings. The topological polar surface area (TPSA) is 71.2 Å². The highest BCUT2D eigenvalue weighted by Crippen LogP contribution is 2.33. The normalized spacial score (nSPS) is 14.6. The van der Waals surface area contributed by atoms with Gasteiger partial charge in [0.25, 0.3) is 0 Å². The molecule has 0 spiro atoms. The third-order valence-corrected chi connectivity index (χ3v) is 7.60. The Balaban J connectivity index is 1.19. The first-order chi connectivity index (χ1) is 16.6. The van der Waals surface area contributed by atoms with Crippen LogP contribution in [0, 0.1) is 5.92 Å². The molecule has 5 rings (SSSR count). The van der Waals surface area contributed by atoms with Gasteiger partial charge in [0.05, 0.1) is 11.3 Å². The molecule has 174 valence electrons. The minimum atomic E-state index is 0.140. The molecule has 3 aromatic carbocycles. The number of piperidine rings is 1. The number of benzene rings is 3. The molecule has 1 amide bonds. The van der Waals surface area contributed by atoms with Crippen molar-refractivity contribution in [1.29, 1.82) is 0 Å². The van der Waals surface area contributed by atoms with E-state index in [2.05, 4.69) is 34.5 Å². The number of hydrogen-bond acceptors (Lipinski definition) is 5. The zero-order chi connectivity index (χ0) is 23.5. The van der Waals surface area contributed by atoms with E-state index in [1.807, 2.05) is 52.9 Å². The molecule has 34 heavy (non-hydrogen) atoms. The highest BCUT2D eigenvalue weighted by Gasteiger charge is 2.24. The van der Waals surface area contributed by atoms with E-state index in [0.29, 0.717) is 28.2 Å². The Kier molecular flexibility index (Phi) is 6.54. The lowest BCUT2D eigenvalue weighted by Gasteiger charge is -2.32. The molecule has 0 saturated carbocycles. The lowest BCUT2D eigenvalue weighted by atomic mass is 9.90. The molecule has 1 aliphatic heterocycles. The van der Waals surface area contributed by atoms with Crippen LogP contribution < -0.4 is 0 Å². The van der Waals surface area contributed by atoms with Crippen LogP contribution in [0.1, 0.15) is 18.4 Å². The Morgan fingerprint density at radius 1 is 1.00 bits per heavy atom. The van der Waals surface area contributed by atoms with E-state index in [4.69, 9.17) is 0 Å². The first kappa shape index (κ1) is 22.5. The highest BCUT2D eigenvalue weighted by atomic mass is 32.2. The summed E-state index contributed by atoms with van der Waals surface area (Å²) in [6.07, 6.45) is 3.17. The molecule has 4 aromatic rings. The molecule has 0 bridgehead atoms. The second-order valence-electron chi connectivity index (χ2n) is 8.88. The second kappa shape index (κ2) is 9.89. The number of carbonyl (C=O) groups is 1. The van der Waals surface area contributed by atoms with Crippen molar-refractivity contribution in [2.45, 2.75) is 24.4 Å². The van der Waals surface area contributed by atoms with Gasteiger partial charge >= 0.3 is 0 Å². The van der Waals surface area contributed by atoms with Gasteiger partial charge in [-0.1, -0.05) is 66.4 Å². The number of rotatable bonds is 6. The Labute approximate surface area is 203 Å². The number of fused-ring (bicyclic) bond motifs is 1. The van der Waals surface area contributed by atoms with E-state index < -0.39 is 0 Å². The maximum absolute atomic E-state index is 12.8. The van der Waals surface area contributed by atoms with Crippen LogP contribution in [-0.2, 0) is 18.3 Å². The van der Waals surface area contributed by atoms with Crippen LogP contribution in [0.3, 0.4) is 0 Å². The summed E-state index contributed by atoms with van der Waals surface area (Å²) in [5.41, 5.74) is 2.01. The number of hydrogen-bond donors (Lipinski definition) is 1. The number of aromatic nitrogens is 3. The third-order valence-electron chi connectivity index (χ3n) is 6.60. The Hall–Kier alpha value is -3.32. The van der Waals surface area contributed by atoms with Crippen LogP contribution in [0.5, 0.6) is 5.75 Å². The molecule has 0 radical (unpaired) electrons. The van der Waals surface area contributed by atoms with Crippen LogP contribution in [0.25, 0.3) is 22.2 Å². The van der Waals surface area contributed by atoms with Crippen LogP contribution in [-0.4, -0.2) is 49.5 Å². The van der Waals surface area contributed by atoms with Crippen molar-refractivity contribution >= 4 is 28.4 Å². The van der Waals surface area contributed by atoms with Gasteiger partial charge < -0.3 is 14.6 Å². The standard InChI is InChI=1S/C27H28N4O2S/c1-30-26(23-16-21-9-5-6-10-22(21)17-24(23)32)28-29-27(30)34-18-25(33)31-13-11-20(12-14-31)15-19-7-3-2-4-8-19/h2-10,16-17,20,32H,11-15,18H2,1H3. The Morgan fingerprint density at radius 3 is 2.41 bits per heavy atom. The van der Waals surface area contributed by atoms with Crippen LogP contribution >= 0.6 is 11.8 Å². The van der Waals surface area contributed by atoms with Crippen molar-refractivity contribution in [2.24, 2.45) is 13.0 Å². The van der Waals surface area contributed by atoms with E-state index in [9.17, 15) is 9.90 Å². The molecule has 6 nitrogen and oxygen atoms in total. The van der Waals surface area contributed by atoms with Crippen molar-refractivity contribution in [3.8, 4) is 17.1 Å². The number of phenolic OH excluding ortho intramolecular Hbond substituents is 1. The lowest BCUT2D eigenvalue weighted by molar-refractivity contribution is -0.129. The molecule has 0 atom stereocenters. The quantitative estimate of drug-likeness (QED) is 0.404. The van der Waals surface area contributed by atoms with Gasteiger partial charge in [-0.3, -0.25) is 4.79 Å². The summed E-state index contributed by atoms with van der Waals surface area (Å²) in [4.78, 5) is 14.8. The zero-order valence-electron chi connectivity index (χ0n) is 19.2. The molecule has 1 aromatic heterocycles. The highest BCUT2D eigenvalue weighted by molar-refractivity contribution is 7.99. The fourth-order valence-corrected chi connectivity index (χ4v) is 5.45. The summed E-state index contributed by atoms with van der Waals surface area (Å²) in [6, 6.07) is 22.1. The SMILES string of the molecule is Cn1c(SCC(=O)N2CCC(Cc3ccccc3)CC2)nnc1-c1cc2ccccc2cc1O. The van der Waals surface area contributed by atoms with Gasteiger partial charge in [0, 0.05) is 20.1 Å². The fourth-order valence-electron chi connectivity index (χ4n) is 4.63. The van der Waals surface area contributed by atoms with Crippen LogP contribution in [0.15, 0.2) is 71.9 Å². The molecule has 2 heterocycles. The molecular formula is C27H28N4O2S. The van der Waals surface area contributed by atoms with Gasteiger partial charge in [-0.15, -0.1) is 10.2 Å². The monoisotopic (exact) mass is 472 g/mol. The number of nitrogens with zero attached hydrogens (tertiary/aromatic N) is 4. The van der Waals surface area contributed by atoms with Gasteiger partial charge in [-0.25, -0.2) is 0 Å². The third kappa shape index (κ3) is 4.80. The minimum Gasteiger partial charge on any atom is -0.507 e. The minimum absolute atomic E-state index is 0.140. The maximum atomic E-state index is 12.8. The van der Waals surface area contributed by atoms with Gasteiger partial charge in [0.1, 0.15) is 5.75 Å². The summed E-state index contributed by atoms with van der Waals surface area (Å²) in [7, 11) is 1.87. The Bertz CT molecular complexity index is 1300. The van der Waals surface area contributed by atoms with Crippen molar-refractivity contribution < 1.29 is 9.90 Å². The van der Waals surface area contributed by atoms with Crippen molar-refractivity contribution in [3.05, 3.63) is 72.3 Å². The van der Waals surface area contributed by atoms with E-state index in [-0.39, 0.29) is 11.7 Å². The molecule has 0 aliphatic carbocycles. The van der Waals surface area contributed by atoms with Crippen molar-refractivity contribution in [3.63, 3.8) is 0 Å². The number of phenols is 1. The number of carbonyl (C=O) groups excluding carboxylic acids is 1. The summed E-state index contributed by atoms with van der Waals surface area (Å²) in [5, 5.41) is 21.8. The first-order valence-electron chi connectivity index (χ1n) is 11.6. The van der Waals surface area contributed by atoms with E-state index in [1.54, 1.807) is 6.07 Å². The van der Waals surface area contributed by atoms with Crippen molar-refractivity contribution in [2.75, 3.05) is 18.8 Å². The van der Waals surface area contributed by atoms with E-state index in [0.717, 1.165) is 43.1 Å². The van der Waals surface area contributed by atoms with Gasteiger partial charge in [-0.2, -0.15) is 0 Å². The second-order valence-corrected chi connectivity index (χ2v) is 9.83. The summed E-state index contributed by atoms with van der Waals surface area (Å²) in [6.45, 7) is 1.62. The predicted octanol–water partition coefficient (Wildman–Crippen LogP) is 4.91. The number of likely N-dealkylation sites (tertiary alicyclic amines) is 1. The summed E-state index contributed by atoms with van der Waals surface area (Å²) < 4.78 is 1.84. The first-order valence-corrected chi connectivity index (χ1v) is 12.6. The van der Waals surface area contributed by atoms with Gasteiger partial charge in [0.15, 0.2) is 11.0 Å². The lowest BCUT2D eigenvalue weighted by Crippen LogP contribution is -2.39. The van der Waals surface area contributed by atoms with E-state index >= 15 is 0 Å². The average molecular weight is 473 g/mol. The summed E-state index contributed by atoms with van der Waals surface area (Å²) in [5.74, 6) is 1.86. The van der Waals surface area contributed by atoms with Crippen LogP contribution in [0.2, 0.25) is 0 Å². The van der Waals surface area contributed by atoms with Gasteiger partial charge in [0.2, 0.25) is 5.91 Å². The molecular weight excluding hydrogens is 444 g/mol. The molecule has 1 N–H and O–H groups in total. The van der Waals surface area contributed by atoms with Crippen molar-refractivity contribution in [1.82, 2.24) is 19.7 Å². The average Bonchev–Trinajstić information content (AvgIpc) is 3.23. The zero-order valence-corrected chi connectivity index (χ0v) is 20.0. The number of thioether (sulfide) groups is 1. The predicted molar refractivity (Wildman–Crippen MR) is 136 cm³/mol. The summed E-state index contributed by atoms with van der Waals surface area (Å²) >= 11 is 1.39. The number of amides is 1. The molecule has 0 unspecified atom stereocenters. The smallest absolute Gasteiger partial charge is 0.233 e. The fraction of sp³-hybridized carbons (Fsp3) is 0.296. The largest absolute Gasteiger partial charge is 0.507 e. The maximum Gasteiger partial charge on any atom is 0.233 e. The van der Waals surface area contributed by atoms with E-state index in [1.165, 1.54) is 17.3 Å². The Morgan fingerprint density at radius 2 is 1.68 bits per heavy atom. The number of aromatic hydroxyl groups is 1.